The van der Waals surface area contributed by atoms with Gasteiger partial charge in [0, 0.05) is 49.5 Å². The maximum atomic E-state index is 13.2. The van der Waals surface area contributed by atoms with Crippen molar-refractivity contribution in [3.8, 4) is 0 Å². The second kappa shape index (κ2) is 9.15. The van der Waals surface area contributed by atoms with Gasteiger partial charge in [0.05, 0.1) is 19.3 Å². The average molecular weight is 432 g/mol. The second-order valence-corrected chi connectivity index (χ2v) is 7.86. The Morgan fingerprint density at radius 2 is 1.94 bits per heavy atom. The molecule has 31 heavy (non-hydrogen) atoms. The number of piperazine rings is 1. The van der Waals surface area contributed by atoms with Crippen LogP contribution in [-0.2, 0) is 17.9 Å². The molecule has 1 aromatic carbocycles. The molecule has 7 nitrogen and oxygen atoms in total. The van der Waals surface area contributed by atoms with Crippen molar-refractivity contribution >= 4 is 16.9 Å². The first-order valence-corrected chi connectivity index (χ1v) is 10.4. The second-order valence-electron chi connectivity index (χ2n) is 7.86. The monoisotopic (exact) mass is 432 g/mol. The van der Waals surface area contributed by atoms with Gasteiger partial charge < -0.3 is 14.1 Å². The highest BCUT2D eigenvalue weighted by atomic mass is 19.3. The molecule has 1 amide bonds. The standard InChI is InChI=1S/C22H26F2N4O3/c1-15(2)30-14-17-16-5-3-4-6-18(16)31-20(17)21(29)27-11-9-26(10-12-27)13-19-25-7-8-28(19)22(23)24/h3-8,15,22H,9-14H2,1-2H3. The number of nitrogens with zero attached hydrogens (tertiary/aromatic N) is 4. The molecule has 0 bridgehead atoms. The summed E-state index contributed by atoms with van der Waals surface area (Å²) in [6.07, 6.45) is 2.69. The average Bonchev–Trinajstić information content (AvgIpc) is 3.37. The number of halogens is 2. The van der Waals surface area contributed by atoms with Crippen LogP contribution in [0.2, 0.25) is 0 Å². The molecule has 2 aromatic heterocycles. The summed E-state index contributed by atoms with van der Waals surface area (Å²) in [4.78, 5) is 21.0. The molecule has 166 valence electrons. The third kappa shape index (κ3) is 4.62. The molecule has 0 radical (unpaired) electrons. The van der Waals surface area contributed by atoms with Gasteiger partial charge in [-0.25, -0.2) is 4.98 Å². The summed E-state index contributed by atoms with van der Waals surface area (Å²) >= 11 is 0. The van der Waals surface area contributed by atoms with Crippen LogP contribution in [0, 0.1) is 0 Å². The lowest BCUT2D eigenvalue weighted by Gasteiger charge is -2.34. The molecule has 0 spiro atoms. The molecule has 1 saturated heterocycles. The molecule has 0 atom stereocenters. The molecule has 9 heteroatoms. The van der Waals surface area contributed by atoms with E-state index in [1.807, 2.05) is 43.0 Å². The van der Waals surface area contributed by atoms with Gasteiger partial charge >= 0.3 is 6.55 Å². The van der Waals surface area contributed by atoms with Crippen molar-refractivity contribution in [2.45, 2.75) is 39.7 Å². The number of benzene rings is 1. The van der Waals surface area contributed by atoms with E-state index in [9.17, 15) is 13.6 Å². The van der Waals surface area contributed by atoms with Crippen LogP contribution in [0.4, 0.5) is 8.78 Å². The van der Waals surface area contributed by atoms with E-state index in [1.165, 1.54) is 12.4 Å². The van der Waals surface area contributed by atoms with Gasteiger partial charge in [-0.15, -0.1) is 0 Å². The lowest BCUT2D eigenvalue weighted by molar-refractivity contribution is 0.0514. The van der Waals surface area contributed by atoms with Crippen molar-refractivity contribution in [1.29, 1.82) is 0 Å². The van der Waals surface area contributed by atoms with Crippen molar-refractivity contribution in [1.82, 2.24) is 19.4 Å². The SMILES string of the molecule is CC(C)OCc1c(C(=O)N2CCN(Cc3nccn3C(F)F)CC2)oc2ccccc12. The van der Waals surface area contributed by atoms with Gasteiger partial charge in [0.25, 0.3) is 5.91 Å². The van der Waals surface area contributed by atoms with E-state index < -0.39 is 6.55 Å². The highest BCUT2D eigenvalue weighted by Gasteiger charge is 2.28. The Bertz CT molecular complexity index is 1040. The third-order valence-electron chi connectivity index (χ3n) is 5.44. The predicted molar refractivity (Wildman–Crippen MR) is 111 cm³/mol. The van der Waals surface area contributed by atoms with Crippen LogP contribution in [0.25, 0.3) is 11.0 Å². The molecule has 0 saturated carbocycles. The lowest BCUT2D eigenvalue weighted by Crippen LogP contribution is -2.48. The topological polar surface area (TPSA) is 63.7 Å². The van der Waals surface area contributed by atoms with E-state index >= 15 is 0 Å². The summed E-state index contributed by atoms with van der Waals surface area (Å²) in [5, 5.41) is 0.879. The largest absolute Gasteiger partial charge is 0.451 e. The fraction of sp³-hybridized carbons (Fsp3) is 0.455. The Morgan fingerprint density at radius 1 is 1.19 bits per heavy atom. The van der Waals surface area contributed by atoms with Crippen molar-refractivity contribution in [2.75, 3.05) is 26.2 Å². The number of rotatable bonds is 7. The van der Waals surface area contributed by atoms with Crippen LogP contribution in [0.15, 0.2) is 41.1 Å². The third-order valence-corrected chi connectivity index (χ3v) is 5.44. The van der Waals surface area contributed by atoms with E-state index in [-0.39, 0.29) is 12.0 Å². The highest BCUT2D eigenvalue weighted by molar-refractivity contribution is 5.99. The van der Waals surface area contributed by atoms with E-state index in [0.717, 1.165) is 15.5 Å². The number of hydrogen-bond acceptors (Lipinski definition) is 5. The molecule has 1 aliphatic rings. The molecular weight excluding hydrogens is 406 g/mol. The highest BCUT2D eigenvalue weighted by Crippen LogP contribution is 2.28. The predicted octanol–water partition coefficient (Wildman–Crippen LogP) is 3.91. The number of alkyl halides is 2. The molecule has 0 N–H and O–H groups in total. The zero-order valence-corrected chi connectivity index (χ0v) is 17.6. The number of ether oxygens (including phenoxy) is 1. The fourth-order valence-electron chi connectivity index (χ4n) is 3.76. The van der Waals surface area contributed by atoms with E-state index in [0.29, 0.717) is 56.5 Å². The molecule has 3 heterocycles. The fourth-order valence-corrected chi connectivity index (χ4v) is 3.76. The molecule has 1 fully saturated rings. The maximum Gasteiger partial charge on any atom is 0.319 e. The zero-order chi connectivity index (χ0) is 22.0. The van der Waals surface area contributed by atoms with Gasteiger partial charge in [-0.1, -0.05) is 18.2 Å². The molecule has 0 unspecified atom stereocenters. The summed E-state index contributed by atoms with van der Waals surface area (Å²) in [5.41, 5.74) is 1.42. The van der Waals surface area contributed by atoms with Crippen molar-refractivity contribution < 1.29 is 22.7 Å². The smallest absolute Gasteiger partial charge is 0.319 e. The quantitative estimate of drug-likeness (QED) is 0.567. The maximum absolute atomic E-state index is 13.2. The summed E-state index contributed by atoms with van der Waals surface area (Å²) in [6.45, 7) is 4.00. The number of para-hydroxylation sites is 1. The van der Waals surface area contributed by atoms with E-state index in [4.69, 9.17) is 9.15 Å². The number of aromatic nitrogens is 2. The molecule has 1 aliphatic heterocycles. The van der Waals surface area contributed by atoms with Crippen LogP contribution in [0.5, 0.6) is 0 Å². The van der Waals surface area contributed by atoms with Crippen molar-refractivity contribution in [2.24, 2.45) is 0 Å². The first-order valence-electron chi connectivity index (χ1n) is 10.4. The summed E-state index contributed by atoms with van der Waals surface area (Å²) in [5.74, 6) is 0.455. The Balaban J connectivity index is 1.45. The van der Waals surface area contributed by atoms with Gasteiger partial charge in [0.1, 0.15) is 11.4 Å². The lowest BCUT2D eigenvalue weighted by atomic mass is 10.1. The zero-order valence-electron chi connectivity index (χ0n) is 17.6. The molecule has 3 aromatic rings. The summed E-state index contributed by atoms with van der Waals surface area (Å²) < 4.78 is 38.6. The Hall–Kier alpha value is -2.78. The van der Waals surface area contributed by atoms with Gasteiger partial charge in [-0.2, -0.15) is 8.78 Å². The summed E-state index contributed by atoms with van der Waals surface area (Å²) in [6, 6.07) is 7.55. The number of carbonyl (C=O) groups is 1. The molecule has 0 aliphatic carbocycles. The van der Waals surface area contributed by atoms with Crippen LogP contribution >= 0.6 is 0 Å². The first kappa shape index (κ1) is 21.5. The van der Waals surface area contributed by atoms with Crippen LogP contribution < -0.4 is 0 Å². The number of imidazole rings is 1. The van der Waals surface area contributed by atoms with Crippen LogP contribution in [0.3, 0.4) is 0 Å². The Kier molecular flexibility index (Phi) is 6.33. The molecule has 4 rings (SSSR count). The van der Waals surface area contributed by atoms with Crippen molar-refractivity contribution in [3.63, 3.8) is 0 Å². The summed E-state index contributed by atoms with van der Waals surface area (Å²) in [7, 11) is 0. The molecular formula is C22H26F2N4O3. The first-order chi connectivity index (χ1) is 14.9. The van der Waals surface area contributed by atoms with E-state index in [1.54, 1.807) is 4.90 Å². The number of amides is 1. The van der Waals surface area contributed by atoms with Gasteiger partial charge in [0.15, 0.2) is 5.76 Å². The Morgan fingerprint density at radius 3 is 2.65 bits per heavy atom. The van der Waals surface area contributed by atoms with Crippen LogP contribution in [-0.4, -0.2) is 57.5 Å². The normalized spacial score (nSPS) is 15.5. The number of carbonyl (C=O) groups excluding carboxylic acids is 1. The van der Waals surface area contributed by atoms with Gasteiger partial charge in [-0.3, -0.25) is 14.3 Å². The minimum atomic E-state index is -2.61. The van der Waals surface area contributed by atoms with Gasteiger partial charge in [0.2, 0.25) is 0 Å². The number of furan rings is 1. The van der Waals surface area contributed by atoms with E-state index in [2.05, 4.69) is 4.98 Å². The van der Waals surface area contributed by atoms with Crippen molar-refractivity contribution in [3.05, 3.63) is 53.8 Å². The van der Waals surface area contributed by atoms with Gasteiger partial charge in [-0.05, 0) is 19.9 Å². The number of hydrogen-bond donors (Lipinski definition) is 0. The minimum Gasteiger partial charge on any atom is -0.451 e. The van der Waals surface area contributed by atoms with Crippen LogP contribution in [0.1, 0.15) is 42.3 Å². The minimum absolute atomic E-state index is 0.0287. The number of fused-ring (bicyclic) bond motifs is 1. The Labute approximate surface area is 179 Å².